The maximum absolute atomic E-state index is 2.56. The topological polar surface area (TPSA) is 6.48 Å². The highest BCUT2D eigenvalue weighted by Crippen LogP contribution is 2.59. The molecule has 2 heteroatoms. The highest BCUT2D eigenvalue weighted by atomic mass is 15.2. The van der Waals surface area contributed by atoms with Gasteiger partial charge >= 0.3 is 0 Å². The zero-order valence-electron chi connectivity index (χ0n) is 26.7. The summed E-state index contributed by atoms with van der Waals surface area (Å²) in [6.45, 7) is 7.29. The molecule has 0 bridgehead atoms. The van der Waals surface area contributed by atoms with E-state index in [1.165, 1.54) is 50.5 Å². The number of fused-ring (bicyclic) bond motifs is 4. The van der Waals surface area contributed by atoms with Gasteiger partial charge in [0.05, 0.1) is 5.54 Å². The van der Waals surface area contributed by atoms with Gasteiger partial charge in [0.1, 0.15) is 0 Å². The molecular weight excluding hydrogens is 556 g/mol. The first-order valence-electron chi connectivity index (χ1n) is 16.3. The van der Waals surface area contributed by atoms with E-state index >= 15 is 0 Å². The number of anilines is 5. The van der Waals surface area contributed by atoms with Crippen LogP contribution >= 0.6 is 0 Å². The van der Waals surface area contributed by atoms with E-state index in [0.29, 0.717) is 0 Å². The molecule has 0 radical (unpaired) electrons. The van der Waals surface area contributed by atoms with Gasteiger partial charge in [0.2, 0.25) is 0 Å². The fraction of sp³-hybridized carbons (Fsp3) is 0.136. The van der Waals surface area contributed by atoms with E-state index in [1.807, 2.05) is 0 Å². The molecular formula is C44H38N2. The van der Waals surface area contributed by atoms with Crippen LogP contribution in [-0.2, 0) is 11.0 Å². The van der Waals surface area contributed by atoms with Crippen molar-refractivity contribution in [1.29, 1.82) is 0 Å². The third kappa shape index (κ3) is 4.40. The monoisotopic (exact) mass is 594 g/mol. The summed E-state index contributed by atoms with van der Waals surface area (Å²) in [6, 6.07) is 59.4. The Bertz CT molecular complexity index is 1970. The summed E-state index contributed by atoms with van der Waals surface area (Å²) in [4.78, 5) is 4.94. The van der Waals surface area contributed by atoms with Crippen molar-refractivity contribution in [3.8, 4) is 0 Å². The van der Waals surface area contributed by atoms with Crippen molar-refractivity contribution in [3.63, 3.8) is 0 Å². The molecule has 0 spiro atoms. The van der Waals surface area contributed by atoms with Gasteiger partial charge in [-0.15, -0.1) is 0 Å². The van der Waals surface area contributed by atoms with Gasteiger partial charge in [-0.2, -0.15) is 0 Å². The van der Waals surface area contributed by atoms with Crippen molar-refractivity contribution >= 4 is 34.0 Å². The summed E-state index contributed by atoms with van der Waals surface area (Å²) in [5, 5.41) is 0. The Morgan fingerprint density at radius 3 is 1.43 bits per heavy atom. The van der Waals surface area contributed by atoms with Crippen LogP contribution in [0.2, 0.25) is 0 Å². The summed E-state index contributed by atoms with van der Waals surface area (Å²) in [5.41, 5.74) is 13.8. The highest BCUT2D eigenvalue weighted by Gasteiger charge is 2.49. The normalized spacial score (nSPS) is 17.5. The van der Waals surface area contributed by atoms with Crippen LogP contribution in [0.25, 0.3) is 5.57 Å². The Morgan fingerprint density at radius 1 is 0.435 bits per heavy atom. The Balaban J connectivity index is 1.30. The lowest BCUT2D eigenvalue weighted by atomic mass is 9.68. The lowest BCUT2D eigenvalue weighted by molar-refractivity contribution is 0.437. The average molecular weight is 595 g/mol. The molecule has 2 aliphatic rings. The molecule has 6 aromatic carbocycles. The molecule has 2 aliphatic carbocycles. The second kappa shape index (κ2) is 10.9. The maximum atomic E-state index is 2.56. The van der Waals surface area contributed by atoms with E-state index in [-0.39, 0.29) is 11.0 Å². The molecule has 0 fully saturated rings. The van der Waals surface area contributed by atoms with Crippen molar-refractivity contribution in [3.05, 3.63) is 192 Å². The summed E-state index contributed by atoms with van der Waals surface area (Å²) in [7, 11) is 0. The quantitative estimate of drug-likeness (QED) is 0.189. The van der Waals surface area contributed by atoms with Crippen molar-refractivity contribution in [1.82, 2.24) is 0 Å². The number of para-hydroxylation sites is 4. The van der Waals surface area contributed by atoms with Crippen LogP contribution in [0, 0.1) is 0 Å². The Labute approximate surface area is 272 Å². The van der Waals surface area contributed by atoms with E-state index in [9.17, 15) is 0 Å². The van der Waals surface area contributed by atoms with Crippen LogP contribution in [0.4, 0.5) is 28.4 Å². The Morgan fingerprint density at radius 2 is 0.891 bits per heavy atom. The molecule has 0 amide bonds. The molecule has 1 atom stereocenters. The summed E-state index contributed by atoms with van der Waals surface area (Å²) >= 11 is 0. The summed E-state index contributed by atoms with van der Waals surface area (Å²) in [5.74, 6) is 0. The molecule has 6 aromatic rings. The van der Waals surface area contributed by atoms with Crippen LogP contribution in [-0.4, -0.2) is 0 Å². The molecule has 8 rings (SSSR count). The zero-order valence-corrected chi connectivity index (χ0v) is 26.7. The molecule has 0 saturated carbocycles. The lowest BCUT2D eigenvalue weighted by Crippen LogP contribution is -2.44. The molecule has 0 aliphatic heterocycles. The lowest BCUT2D eigenvalue weighted by Gasteiger charge is -2.48. The van der Waals surface area contributed by atoms with Crippen LogP contribution in [0.15, 0.2) is 169 Å². The average Bonchev–Trinajstić information content (AvgIpc) is 3.32. The van der Waals surface area contributed by atoms with E-state index in [0.717, 1.165) is 17.8 Å². The van der Waals surface area contributed by atoms with Crippen LogP contribution in [0.3, 0.4) is 0 Å². The van der Waals surface area contributed by atoms with E-state index in [4.69, 9.17) is 0 Å². The molecule has 2 nitrogen and oxygen atoms in total. The number of rotatable bonds is 6. The Hall–Kier alpha value is -5.34. The van der Waals surface area contributed by atoms with Gasteiger partial charge in [-0.3, -0.25) is 0 Å². The number of nitrogens with zero attached hydrogens (tertiary/aromatic N) is 2. The zero-order chi connectivity index (χ0) is 31.3. The van der Waals surface area contributed by atoms with Gasteiger partial charge in [-0.05, 0) is 107 Å². The van der Waals surface area contributed by atoms with Gasteiger partial charge in [-0.1, -0.05) is 117 Å². The van der Waals surface area contributed by atoms with Crippen LogP contribution in [0.5, 0.6) is 0 Å². The fourth-order valence-corrected chi connectivity index (χ4v) is 7.95. The minimum atomic E-state index is -0.305. The molecule has 0 saturated heterocycles. The first-order chi connectivity index (χ1) is 22.5. The van der Waals surface area contributed by atoms with Crippen molar-refractivity contribution in [2.75, 3.05) is 9.80 Å². The molecule has 0 heterocycles. The van der Waals surface area contributed by atoms with E-state index in [1.54, 1.807) is 0 Å². The van der Waals surface area contributed by atoms with Gasteiger partial charge in [0.15, 0.2) is 0 Å². The standard InChI is InChI=1S/C44H38N2/c1-43(2)40-30-36(45(32-18-8-4-9-19-32)33-20-10-5-11-21-33)28-29-38(40)42-37-26-16-17-27-39(37)44(3,31-41(42)43)46(34-22-12-6-13-23-34)35-24-14-7-15-25-35/h4-30H,31H2,1-3H3. The molecule has 0 N–H and O–H groups in total. The van der Waals surface area contributed by atoms with Crippen molar-refractivity contribution in [2.24, 2.45) is 0 Å². The van der Waals surface area contributed by atoms with Gasteiger partial charge in [0.25, 0.3) is 0 Å². The molecule has 1 unspecified atom stereocenters. The number of hydrogen-bond acceptors (Lipinski definition) is 2. The second-order valence-corrected chi connectivity index (χ2v) is 13.2. The smallest absolute Gasteiger partial charge is 0.0718 e. The van der Waals surface area contributed by atoms with Crippen molar-refractivity contribution < 1.29 is 0 Å². The first-order valence-corrected chi connectivity index (χ1v) is 16.3. The van der Waals surface area contributed by atoms with Gasteiger partial charge in [-0.25, -0.2) is 0 Å². The molecule has 46 heavy (non-hydrogen) atoms. The SMILES string of the molecule is CC1(C)C2=C(c3ccc(N(c4ccccc4)c4ccccc4)cc31)c1ccccc1C(C)(N(c1ccccc1)c1ccccc1)C2. The van der Waals surface area contributed by atoms with Crippen LogP contribution < -0.4 is 9.80 Å². The number of hydrogen-bond donors (Lipinski definition) is 0. The molecule has 0 aromatic heterocycles. The van der Waals surface area contributed by atoms with Crippen molar-refractivity contribution in [2.45, 2.75) is 38.1 Å². The second-order valence-electron chi connectivity index (χ2n) is 13.2. The third-order valence-corrected chi connectivity index (χ3v) is 10.1. The third-order valence-electron chi connectivity index (χ3n) is 10.1. The first kappa shape index (κ1) is 28.2. The minimum Gasteiger partial charge on any atom is -0.331 e. The van der Waals surface area contributed by atoms with Crippen LogP contribution in [0.1, 0.15) is 49.4 Å². The highest BCUT2D eigenvalue weighted by molar-refractivity contribution is 5.95. The predicted molar refractivity (Wildman–Crippen MR) is 194 cm³/mol. The maximum Gasteiger partial charge on any atom is 0.0718 e. The number of benzene rings is 6. The molecule has 224 valence electrons. The Kier molecular flexibility index (Phi) is 6.69. The summed E-state index contributed by atoms with van der Waals surface area (Å²) in [6.07, 6.45) is 0.918. The van der Waals surface area contributed by atoms with E-state index < -0.39 is 0 Å². The van der Waals surface area contributed by atoms with E-state index in [2.05, 4.69) is 194 Å². The summed E-state index contributed by atoms with van der Waals surface area (Å²) < 4.78 is 0. The fourth-order valence-electron chi connectivity index (χ4n) is 7.95. The van der Waals surface area contributed by atoms with Gasteiger partial charge < -0.3 is 9.80 Å². The largest absolute Gasteiger partial charge is 0.331 e. The predicted octanol–water partition coefficient (Wildman–Crippen LogP) is 11.7. The van der Waals surface area contributed by atoms with Gasteiger partial charge in [0, 0.05) is 33.9 Å². The minimum absolute atomic E-state index is 0.159.